The van der Waals surface area contributed by atoms with Crippen LogP contribution in [0.3, 0.4) is 0 Å². The highest BCUT2D eigenvalue weighted by Gasteiger charge is 2.25. The number of aryl methyl sites for hydroxylation is 1. The van der Waals surface area contributed by atoms with Gasteiger partial charge < -0.3 is 10.1 Å². The summed E-state index contributed by atoms with van der Waals surface area (Å²) < 4.78 is 5.75. The quantitative estimate of drug-likeness (QED) is 0.930. The minimum absolute atomic E-state index is 0.162. The number of Topliss-reactive ketones (excluding diaryl/α,β-unsaturated/α-hetero) is 1. The van der Waals surface area contributed by atoms with E-state index in [4.69, 9.17) is 4.74 Å². The molecule has 0 fully saturated rings. The second-order valence-electron chi connectivity index (χ2n) is 4.53. The molecule has 1 N–H and O–H groups in total. The Kier molecular flexibility index (Phi) is 3.51. The molecule has 1 aliphatic heterocycles. The Morgan fingerprint density at radius 3 is 3.05 bits per heavy atom. The Bertz CT molecular complexity index is 565. The zero-order chi connectivity index (χ0) is 13.1. The van der Waals surface area contributed by atoms with Crippen molar-refractivity contribution in [2.24, 2.45) is 0 Å². The number of hydrogen-bond acceptors (Lipinski definition) is 4. The smallest absolute Gasteiger partial charge is 0.175 e. The van der Waals surface area contributed by atoms with E-state index in [1.165, 1.54) is 4.88 Å². The summed E-state index contributed by atoms with van der Waals surface area (Å²) in [6, 6.07) is 11.8. The van der Waals surface area contributed by atoms with Crippen molar-refractivity contribution in [3.8, 4) is 5.75 Å². The van der Waals surface area contributed by atoms with Gasteiger partial charge in [0.2, 0.25) is 0 Å². The number of carbonyl (C=O) groups is 1. The van der Waals surface area contributed by atoms with E-state index in [9.17, 15) is 4.79 Å². The third-order valence-electron chi connectivity index (χ3n) is 3.19. The number of benzene rings is 1. The average molecular weight is 273 g/mol. The highest BCUT2D eigenvalue weighted by atomic mass is 32.1. The summed E-state index contributed by atoms with van der Waals surface area (Å²) in [5.41, 5.74) is 0.963. The van der Waals surface area contributed by atoms with E-state index >= 15 is 0 Å². The first-order chi connectivity index (χ1) is 9.33. The lowest BCUT2D eigenvalue weighted by Crippen LogP contribution is -2.37. The lowest BCUT2D eigenvalue weighted by Gasteiger charge is -2.26. The van der Waals surface area contributed by atoms with Crippen molar-refractivity contribution >= 4 is 22.8 Å². The Hall–Kier alpha value is -1.81. The highest BCUT2D eigenvalue weighted by Crippen LogP contribution is 2.28. The zero-order valence-electron chi connectivity index (χ0n) is 10.5. The van der Waals surface area contributed by atoms with Crippen molar-refractivity contribution in [2.75, 3.05) is 11.9 Å². The molecule has 0 bridgehead atoms. The van der Waals surface area contributed by atoms with Crippen LogP contribution in [0.15, 0.2) is 41.8 Å². The van der Waals surface area contributed by atoms with Crippen LogP contribution < -0.4 is 10.1 Å². The molecule has 0 aliphatic carbocycles. The number of ether oxygens (including phenoxy) is 1. The number of fused-ring (bicyclic) bond motifs is 1. The van der Waals surface area contributed by atoms with Crippen molar-refractivity contribution in [1.82, 2.24) is 0 Å². The summed E-state index contributed by atoms with van der Waals surface area (Å²) in [5, 5.41) is 5.28. The van der Waals surface area contributed by atoms with E-state index in [0.29, 0.717) is 13.0 Å². The Morgan fingerprint density at radius 1 is 1.32 bits per heavy atom. The number of nitrogens with one attached hydrogen (secondary N) is 1. The van der Waals surface area contributed by atoms with Gasteiger partial charge in [0.15, 0.2) is 11.9 Å². The minimum atomic E-state index is -0.366. The molecule has 19 heavy (non-hydrogen) atoms. The Morgan fingerprint density at radius 2 is 2.21 bits per heavy atom. The average Bonchev–Trinajstić information content (AvgIpc) is 2.97. The fraction of sp³-hybridized carbons (Fsp3) is 0.267. The van der Waals surface area contributed by atoms with E-state index in [2.05, 4.69) is 11.4 Å². The summed E-state index contributed by atoms with van der Waals surface area (Å²) in [7, 11) is 0. The summed E-state index contributed by atoms with van der Waals surface area (Å²) >= 11 is 1.69. The summed E-state index contributed by atoms with van der Waals surface area (Å²) in [4.78, 5) is 13.4. The molecule has 0 amide bonds. The van der Waals surface area contributed by atoms with Gasteiger partial charge in [0.05, 0.1) is 12.2 Å². The molecular formula is C15H15NO2S. The number of rotatable bonds is 4. The van der Waals surface area contributed by atoms with Crippen LogP contribution in [-0.2, 0) is 11.2 Å². The molecule has 1 unspecified atom stereocenters. The largest absolute Gasteiger partial charge is 0.479 e. The van der Waals surface area contributed by atoms with Gasteiger partial charge in [-0.1, -0.05) is 18.2 Å². The van der Waals surface area contributed by atoms with Gasteiger partial charge in [-0.15, -0.1) is 11.3 Å². The second-order valence-corrected chi connectivity index (χ2v) is 5.56. The molecule has 0 spiro atoms. The number of para-hydroxylation sites is 2. The first-order valence-electron chi connectivity index (χ1n) is 6.37. The molecule has 2 aromatic rings. The van der Waals surface area contributed by atoms with Crippen LogP contribution in [0.2, 0.25) is 0 Å². The molecular weight excluding hydrogens is 258 g/mol. The third-order valence-corrected chi connectivity index (χ3v) is 4.13. The van der Waals surface area contributed by atoms with Gasteiger partial charge in [-0.2, -0.15) is 0 Å². The fourth-order valence-corrected chi connectivity index (χ4v) is 2.86. The Balaban J connectivity index is 1.60. The van der Waals surface area contributed by atoms with E-state index in [-0.39, 0.29) is 11.9 Å². The molecule has 1 aromatic heterocycles. The summed E-state index contributed by atoms with van der Waals surface area (Å²) in [5.74, 6) is 0.929. The van der Waals surface area contributed by atoms with Crippen molar-refractivity contribution < 1.29 is 9.53 Å². The molecule has 98 valence electrons. The number of carbonyl (C=O) groups excluding carboxylic acids is 1. The van der Waals surface area contributed by atoms with Crippen molar-refractivity contribution in [3.63, 3.8) is 0 Å². The maximum atomic E-state index is 12.1. The summed E-state index contributed by atoms with van der Waals surface area (Å²) in [6.07, 6.45) is 0.974. The van der Waals surface area contributed by atoms with Crippen LogP contribution in [0.1, 0.15) is 11.3 Å². The second kappa shape index (κ2) is 5.45. The van der Waals surface area contributed by atoms with E-state index in [1.807, 2.05) is 35.7 Å². The molecule has 1 atom stereocenters. The molecule has 3 nitrogen and oxygen atoms in total. The van der Waals surface area contributed by atoms with Gasteiger partial charge in [0.25, 0.3) is 0 Å². The number of anilines is 1. The monoisotopic (exact) mass is 273 g/mol. The van der Waals surface area contributed by atoms with Crippen molar-refractivity contribution in [3.05, 3.63) is 46.7 Å². The fourth-order valence-electron chi connectivity index (χ4n) is 2.15. The summed E-state index contributed by atoms with van der Waals surface area (Å²) in [6.45, 7) is 0.556. The van der Waals surface area contributed by atoms with Crippen LogP contribution in [0.25, 0.3) is 0 Å². The SMILES string of the molecule is O=C(CCc1cccs1)C1CNc2ccccc2O1. The lowest BCUT2D eigenvalue weighted by atomic mass is 10.1. The topological polar surface area (TPSA) is 38.3 Å². The van der Waals surface area contributed by atoms with Gasteiger partial charge in [-0.3, -0.25) is 4.79 Å². The van der Waals surface area contributed by atoms with Crippen LogP contribution >= 0.6 is 11.3 Å². The van der Waals surface area contributed by atoms with E-state index in [1.54, 1.807) is 11.3 Å². The molecule has 1 aromatic carbocycles. The van der Waals surface area contributed by atoms with E-state index < -0.39 is 0 Å². The number of hydrogen-bond donors (Lipinski definition) is 1. The highest BCUT2D eigenvalue weighted by molar-refractivity contribution is 7.09. The minimum Gasteiger partial charge on any atom is -0.479 e. The van der Waals surface area contributed by atoms with Gasteiger partial charge >= 0.3 is 0 Å². The molecule has 2 heterocycles. The molecule has 4 heteroatoms. The van der Waals surface area contributed by atoms with Gasteiger partial charge in [0, 0.05) is 11.3 Å². The van der Waals surface area contributed by atoms with Crippen LogP contribution in [0, 0.1) is 0 Å². The van der Waals surface area contributed by atoms with Crippen LogP contribution in [0.4, 0.5) is 5.69 Å². The first-order valence-corrected chi connectivity index (χ1v) is 7.25. The molecule has 3 rings (SSSR count). The normalized spacial score (nSPS) is 17.2. The number of ketones is 1. The van der Waals surface area contributed by atoms with Crippen LogP contribution in [-0.4, -0.2) is 18.4 Å². The van der Waals surface area contributed by atoms with Gasteiger partial charge in [0.1, 0.15) is 5.75 Å². The van der Waals surface area contributed by atoms with Crippen molar-refractivity contribution in [1.29, 1.82) is 0 Å². The standard InChI is InChI=1S/C15H15NO2S/c17-13(8-7-11-4-3-9-19-11)15-10-16-12-5-1-2-6-14(12)18-15/h1-6,9,15-16H,7-8,10H2. The first kappa shape index (κ1) is 12.2. The molecule has 0 radical (unpaired) electrons. The lowest BCUT2D eigenvalue weighted by molar-refractivity contribution is -0.125. The molecule has 0 saturated heterocycles. The molecule has 1 aliphatic rings. The zero-order valence-corrected chi connectivity index (χ0v) is 11.3. The van der Waals surface area contributed by atoms with Gasteiger partial charge in [-0.25, -0.2) is 0 Å². The third kappa shape index (κ3) is 2.79. The van der Waals surface area contributed by atoms with Crippen molar-refractivity contribution in [2.45, 2.75) is 18.9 Å². The van der Waals surface area contributed by atoms with Gasteiger partial charge in [-0.05, 0) is 30.0 Å². The predicted octanol–water partition coefficient (Wildman–Crippen LogP) is 3.12. The van der Waals surface area contributed by atoms with E-state index in [0.717, 1.165) is 17.9 Å². The maximum absolute atomic E-state index is 12.1. The number of thiophene rings is 1. The van der Waals surface area contributed by atoms with Crippen LogP contribution in [0.5, 0.6) is 5.75 Å². The Labute approximate surface area is 116 Å². The molecule has 0 saturated carbocycles. The predicted molar refractivity (Wildman–Crippen MR) is 77.0 cm³/mol. The maximum Gasteiger partial charge on any atom is 0.175 e.